The maximum Gasteiger partial charge on any atom is 0.516 e. The summed E-state index contributed by atoms with van der Waals surface area (Å²) in [5.74, 6) is -1.85. The first-order valence-electron chi connectivity index (χ1n) is 11.0. The Hall–Kier alpha value is -1.00. The molecule has 4 N–H and O–H groups in total. The van der Waals surface area contributed by atoms with E-state index in [4.69, 9.17) is 0 Å². The second-order valence-corrected chi connectivity index (χ2v) is 13.1. The molecule has 0 aromatic carbocycles. The second-order valence-electron chi connectivity index (χ2n) is 8.38. The number of aliphatic hydroxyl groups is 3. The predicted molar refractivity (Wildman–Crippen MR) is 135 cm³/mol. The van der Waals surface area contributed by atoms with Crippen LogP contribution in [0.3, 0.4) is 0 Å². The fourth-order valence-corrected chi connectivity index (χ4v) is 6.13. The van der Waals surface area contributed by atoms with E-state index in [1.807, 2.05) is 12.1 Å². The zero-order chi connectivity index (χ0) is 26.2. The SMILES string of the molecule is O=C(CCCC=CC[C@@H]1[C@@H](C=C[C@@H](O)CCc2ccc(I)s2)[C@H](O)C[C@@H]1O)NS(=O)(=O)C(F)(F)F. The van der Waals surface area contributed by atoms with Crippen LogP contribution >= 0.6 is 33.9 Å². The predicted octanol–water partition coefficient (Wildman–Crippen LogP) is 3.64. The van der Waals surface area contributed by atoms with Crippen LogP contribution in [0.4, 0.5) is 13.2 Å². The molecule has 5 atom stereocenters. The molecule has 1 amide bonds. The lowest BCUT2D eigenvalue weighted by Crippen LogP contribution is -2.40. The number of carbonyl (C=O) groups excluding carboxylic acids is 1. The van der Waals surface area contributed by atoms with Gasteiger partial charge in [0, 0.05) is 23.6 Å². The summed E-state index contributed by atoms with van der Waals surface area (Å²) < 4.78 is 60.7. The van der Waals surface area contributed by atoms with Gasteiger partial charge in [-0.2, -0.15) is 21.6 Å². The number of hydrogen-bond acceptors (Lipinski definition) is 7. The number of thiophene rings is 1. The van der Waals surface area contributed by atoms with Crippen LogP contribution in [0.5, 0.6) is 0 Å². The molecule has 1 aromatic heterocycles. The lowest BCUT2D eigenvalue weighted by molar-refractivity contribution is -0.120. The Kier molecular flexibility index (Phi) is 11.7. The summed E-state index contributed by atoms with van der Waals surface area (Å²) in [5, 5.41) is 30.9. The third kappa shape index (κ3) is 9.76. The molecule has 1 aliphatic rings. The van der Waals surface area contributed by atoms with E-state index in [0.717, 1.165) is 11.1 Å². The van der Waals surface area contributed by atoms with Gasteiger partial charge in [0.15, 0.2) is 0 Å². The van der Waals surface area contributed by atoms with E-state index in [1.54, 1.807) is 35.6 Å². The first-order chi connectivity index (χ1) is 16.3. The number of hydrogen-bond donors (Lipinski definition) is 4. The third-order valence-electron chi connectivity index (χ3n) is 5.69. The highest BCUT2D eigenvalue weighted by Crippen LogP contribution is 2.36. The zero-order valence-electron chi connectivity index (χ0n) is 18.7. The summed E-state index contributed by atoms with van der Waals surface area (Å²) in [6.07, 6.45) is 6.68. The maximum atomic E-state index is 12.3. The van der Waals surface area contributed by atoms with Crippen molar-refractivity contribution in [3.8, 4) is 0 Å². The van der Waals surface area contributed by atoms with Crippen LogP contribution in [0, 0.1) is 14.7 Å². The number of aliphatic hydroxyl groups excluding tert-OH is 3. The van der Waals surface area contributed by atoms with Crippen molar-refractivity contribution in [1.82, 2.24) is 4.72 Å². The van der Waals surface area contributed by atoms with Crippen LogP contribution in [0.25, 0.3) is 0 Å². The van der Waals surface area contributed by atoms with Crippen molar-refractivity contribution in [2.24, 2.45) is 11.8 Å². The highest BCUT2D eigenvalue weighted by molar-refractivity contribution is 14.1. The number of nitrogens with one attached hydrogen (secondary N) is 1. The van der Waals surface area contributed by atoms with Crippen LogP contribution in [0.15, 0.2) is 36.4 Å². The van der Waals surface area contributed by atoms with Gasteiger partial charge < -0.3 is 15.3 Å². The molecular formula is C22H29F3INO6S2. The molecule has 35 heavy (non-hydrogen) atoms. The molecule has 0 unspecified atom stereocenters. The van der Waals surface area contributed by atoms with Crippen molar-refractivity contribution >= 4 is 49.9 Å². The molecular weight excluding hydrogens is 622 g/mol. The molecule has 1 aliphatic carbocycles. The van der Waals surface area contributed by atoms with Crippen molar-refractivity contribution in [1.29, 1.82) is 0 Å². The standard InChI is InChI=1S/C22H29F3INO6S2/c23-22(24,25)35(32,33)27-21(31)6-4-2-1-3-5-16-17(19(30)13-18(16)29)11-8-14(28)7-9-15-10-12-20(26)34-15/h1,3,8,10-12,14,16-19,28-30H,2,4-7,9,13H2,(H,27,31)/t14-,16+,17+,18-,19+/m0/s1. The van der Waals surface area contributed by atoms with Gasteiger partial charge in [-0.15, -0.1) is 11.3 Å². The average Bonchev–Trinajstić information content (AvgIpc) is 3.28. The number of carbonyl (C=O) groups is 1. The highest BCUT2D eigenvalue weighted by atomic mass is 127. The molecule has 13 heteroatoms. The number of halogens is 4. The summed E-state index contributed by atoms with van der Waals surface area (Å²) in [4.78, 5) is 12.6. The van der Waals surface area contributed by atoms with Gasteiger partial charge in [0.25, 0.3) is 0 Å². The van der Waals surface area contributed by atoms with Gasteiger partial charge in [0.1, 0.15) is 0 Å². The number of unbranched alkanes of at least 4 members (excludes halogenated alkanes) is 1. The first kappa shape index (κ1) is 30.2. The summed E-state index contributed by atoms with van der Waals surface area (Å²) in [7, 11) is -5.69. The normalized spacial score (nSPS) is 24.4. The third-order valence-corrected chi connectivity index (χ3v) is 8.75. The summed E-state index contributed by atoms with van der Waals surface area (Å²) in [5.41, 5.74) is -5.54. The Morgan fingerprint density at radius 2 is 1.97 bits per heavy atom. The van der Waals surface area contributed by atoms with Crippen molar-refractivity contribution in [2.75, 3.05) is 0 Å². The molecule has 1 aromatic rings. The highest BCUT2D eigenvalue weighted by Gasteiger charge is 2.46. The zero-order valence-corrected chi connectivity index (χ0v) is 22.5. The quantitative estimate of drug-likeness (QED) is 0.156. The van der Waals surface area contributed by atoms with Gasteiger partial charge in [0.2, 0.25) is 5.91 Å². The fourth-order valence-electron chi connectivity index (χ4n) is 3.85. The molecule has 0 radical (unpaired) electrons. The monoisotopic (exact) mass is 651 g/mol. The summed E-state index contributed by atoms with van der Waals surface area (Å²) >= 11 is 3.91. The molecule has 198 valence electrons. The number of sulfonamides is 1. The van der Waals surface area contributed by atoms with Crippen LogP contribution in [0.1, 0.15) is 43.4 Å². The van der Waals surface area contributed by atoms with Crippen molar-refractivity contribution < 1.29 is 41.7 Å². The molecule has 0 spiro atoms. The van der Waals surface area contributed by atoms with E-state index in [9.17, 15) is 41.7 Å². The van der Waals surface area contributed by atoms with E-state index >= 15 is 0 Å². The number of rotatable bonds is 12. The van der Waals surface area contributed by atoms with Crippen LogP contribution in [0.2, 0.25) is 0 Å². The van der Waals surface area contributed by atoms with Crippen LogP contribution < -0.4 is 4.72 Å². The van der Waals surface area contributed by atoms with Gasteiger partial charge in [-0.3, -0.25) is 4.79 Å². The Labute approximate surface area is 220 Å². The lowest BCUT2D eigenvalue weighted by atomic mass is 9.89. The molecule has 7 nitrogen and oxygen atoms in total. The van der Waals surface area contributed by atoms with E-state index in [1.165, 1.54) is 7.76 Å². The largest absolute Gasteiger partial charge is 0.516 e. The first-order valence-corrected chi connectivity index (χ1v) is 14.4. The van der Waals surface area contributed by atoms with Crippen molar-refractivity contribution in [2.45, 2.75) is 68.8 Å². The van der Waals surface area contributed by atoms with Gasteiger partial charge in [0.05, 0.1) is 21.2 Å². The molecule has 1 fully saturated rings. The Bertz CT molecular complexity index is 996. The van der Waals surface area contributed by atoms with E-state index in [2.05, 4.69) is 22.6 Å². The number of aryl methyl sites for hydroxylation is 1. The molecule has 1 saturated carbocycles. The number of allylic oxidation sites excluding steroid dienone is 2. The topological polar surface area (TPSA) is 124 Å². The van der Waals surface area contributed by atoms with Gasteiger partial charge in [-0.05, 0) is 72.7 Å². The summed E-state index contributed by atoms with van der Waals surface area (Å²) in [6.45, 7) is 0. The second kappa shape index (κ2) is 13.5. The van der Waals surface area contributed by atoms with E-state index in [-0.39, 0.29) is 24.7 Å². The Morgan fingerprint density at radius 3 is 2.60 bits per heavy atom. The van der Waals surface area contributed by atoms with Gasteiger partial charge >= 0.3 is 15.5 Å². The molecule has 0 aliphatic heterocycles. The van der Waals surface area contributed by atoms with Crippen LogP contribution in [-0.2, 0) is 21.2 Å². The number of amides is 1. The molecule has 0 saturated heterocycles. The van der Waals surface area contributed by atoms with Gasteiger partial charge in [-0.1, -0.05) is 24.3 Å². The van der Waals surface area contributed by atoms with Gasteiger partial charge in [-0.25, -0.2) is 4.72 Å². The van der Waals surface area contributed by atoms with E-state index in [0.29, 0.717) is 19.3 Å². The van der Waals surface area contributed by atoms with Crippen molar-refractivity contribution in [3.63, 3.8) is 0 Å². The summed E-state index contributed by atoms with van der Waals surface area (Å²) in [6, 6.07) is 4.05. The molecule has 1 heterocycles. The Balaban J connectivity index is 1.77. The smallest absolute Gasteiger partial charge is 0.393 e. The number of alkyl halides is 3. The molecule has 0 bridgehead atoms. The maximum absolute atomic E-state index is 12.3. The van der Waals surface area contributed by atoms with E-state index < -0.39 is 46.2 Å². The lowest BCUT2D eigenvalue weighted by Gasteiger charge is -2.19. The van der Waals surface area contributed by atoms with Crippen molar-refractivity contribution in [3.05, 3.63) is 44.2 Å². The minimum atomic E-state index is -5.69. The average molecular weight is 652 g/mol. The molecule has 2 rings (SSSR count). The minimum absolute atomic E-state index is 0.143. The fraction of sp³-hybridized carbons (Fsp3) is 0.591. The van der Waals surface area contributed by atoms with Crippen LogP contribution in [-0.4, -0.2) is 53.5 Å². The minimum Gasteiger partial charge on any atom is -0.393 e. The Morgan fingerprint density at radius 1 is 1.26 bits per heavy atom.